The molecular weight excluding hydrogens is 529 g/mol. The summed E-state index contributed by atoms with van der Waals surface area (Å²) < 4.78 is 32.8. The van der Waals surface area contributed by atoms with E-state index >= 15 is 0 Å². The maximum Gasteiger partial charge on any atom is 0.371 e. The first-order valence-electron chi connectivity index (χ1n) is 12.6. The predicted molar refractivity (Wildman–Crippen MR) is 139 cm³/mol. The van der Waals surface area contributed by atoms with Gasteiger partial charge in [-0.3, -0.25) is 4.90 Å². The zero-order valence-corrected chi connectivity index (χ0v) is 21.6. The number of carboxylic acid groups (broad SMARTS) is 1. The maximum absolute atomic E-state index is 14.1. The Morgan fingerprint density at radius 1 is 1.26 bits per heavy atom. The van der Waals surface area contributed by atoms with Gasteiger partial charge < -0.3 is 23.6 Å². The number of furan rings is 1. The third kappa shape index (κ3) is 5.51. The van der Waals surface area contributed by atoms with Crippen LogP contribution in [0.2, 0.25) is 5.02 Å². The quantitative estimate of drug-likeness (QED) is 0.318. The highest BCUT2D eigenvalue weighted by Gasteiger charge is 2.26. The first-order chi connectivity index (χ1) is 18.9. The van der Waals surface area contributed by atoms with Crippen LogP contribution in [0.25, 0.3) is 16.8 Å². The van der Waals surface area contributed by atoms with Crippen molar-refractivity contribution in [1.29, 1.82) is 0 Å². The van der Waals surface area contributed by atoms with E-state index in [0.717, 1.165) is 43.1 Å². The molecular formula is C27H25ClFN5O5. The van der Waals surface area contributed by atoms with Gasteiger partial charge >= 0.3 is 12.0 Å². The monoisotopic (exact) mass is 553 g/mol. The van der Waals surface area contributed by atoms with Gasteiger partial charge in [-0.1, -0.05) is 23.7 Å². The fourth-order valence-electron chi connectivity index (χ4n) is 4.68. The van der Waals surface area contributed by atoms with E-state index in [1.807, 2.05) is 10.6 Å². The highest BCUT2D eigenvalue weighted by Crippen LogP contribution is 2.27. The van der Waals surface area contributed by atoms with Crippen LogP contribution in [0.15, 0.2) is 47.0 Å². The summed E-state index contributed by atoms with van der Waals surface area (Å²) in [6, 6.07) is 7.96. The van der Waals surface area contributed by atoms with Crippen LogP contribution < -0.4 is 4.74 Å². The van der Waals surface area contributed by atoms with Crippen molar-refractivity contribution in [3.63, 3.8) is 0 Å². The lowest BCUT2D eigenvalue weighted by atomic mass is 10.0. The number of fused-ring (bicyclic) bond motifs is 1. The van der Waals surface area contributed by atoms with Gasteiger partial charge in [0.25, 0.3) is 0 Å². The van der Waals surface area contributed by atoms with E-state index < -0.39 is 11.8 Å². The van der Waals surface area contributed by atoms with E-state index in [4.69, 9.17) is 25.5 Å². The van der Waals surface area contributed by atoms with Crippen molar-refractivity contribution < 1.29 is 28.2 Å². The van der Waals surface area contributed by atoms with Crippen molar-refractivity contribution in [3.8, 4) is 6.01 Å². The number of hydrogen-bond donors (Lipinski definition) is 1. The number of benzene rings is 1. The van der Waals surface area contributed by atoms with E-state index in [1.54, 1.807) is 18.3 Å². The number of hydrogen-bond acceptors (Lipinski definition) is 8. The molecule has 3 aromatic heterocycles. The van der Waals surface area contributed by atoms with Gasteiger partial charge in [-0.2, -0.15) is 9.97 Å². The minimum atomic E-state index is -1.12. The highest BCUT2D eigenvalue weighted by atomic mass is 35.5. The van der Waals surface area contributed by atoms with Gasteiger partial charge in [0.05, 0.1) is 24.9 Å². The first kappa shape index (κ1) is 25.5. The molecule has 0 amide bonds. The minimum Gasteiger partial charge on any atom is -0.475 e. The second-order valence-corrected chi connectivity index (χ2v) is 9.93. The molecule has 0 saturated carbocycles. The maximum atomic E-state index is 14.1. The van der Waals surface area contributed by atoms with Crippen LogP contribution >= 0.6 is 11.6 Å². The number of carboxylic acids is 1. The number of nitrogens with zero attached hydrogens (tertiary/aromatic N) is 5. The van der Waals surface area contributed by atoms with Gasteiger partial charge in [0, 0.05) is 42.5 Å². The van der Waals surface area contributed by atoms with Crippen molar-refractivity contribution in [2.24, 2.45) is 0 Å². The SMILES string of the molecule is O=C(O)c1cc2c(nc(CN3CC=C(c4ccnc(OCc5ccc(Cl)cc5F)n4)CC3)n2C[C@@H]2CCO2)o1. The molecule has 6 rings (SSSR count). The Balaban J connectivity index is 1.13. The summed E-state index contributed by atoms with van der Waals surface area (Å²) in [7, 11) is 0. The molecule has 0 unspecified atom stereocenters. The average Bonchev–Trinajstić information content (AvgIpc) is 3.45. The Bertz CT molecular complexity index is 1560. The molecule has 1 saturated heterocycles. The lowest BCUT2D eigenvalue weighted by Crippen LogP contribution is -2.33. The number of carbonyl (C=O) groups is 1. The summed E-state index contributed by atoms with van der Waals surface area (Å²) in [5.41, 5.74) is 3.19. The summed E-state index contributed by atoms with van der Waals surface area (Å²) >= 11 is 5.81. The van der Waals surface area contributed by atoms with E-state index in [2.05, 4.69) is 25.9 Å². The normalized spacial score (nSPS) is 17.7. The standard InChI is InChI=1S/C27H25ClFN5O5/c28-18-2-1-17(20(29)11-18)15-38-27-30-7-3-21(31-27)16-4-8-33(9-5-16)14-24-32-25-22(12-23(39-25)26(35)36)34(24)13-19-6-10-37-19/h1-4,7,11-12,19H,5-6,8-10,13-15H2,(H,35,36)/t19-/m0/s1. The second-order valence-electron chi connectivity index (χ2n) is 9.49. The Hall–Kier alpha value is -3.80. The molecule has 5 heterocycles. The number of halogens is 2. The number of aromatic carboxylic acids is 1. The summed E-state index contributed by atoms with van der Waals surface area (Å²) in [6.45, 7) is 3.36. The molecule has 1 fully saturated rings. The topological polar surface area (TPSA) is 116 Å². The smallest absolute Gasteiger partial charge is 0.371 e. The predicted octanol–water partition coefficient (Wildman–Crippen LogP) is 4.57. The van der Waals surface area contributed by atoms with Crippen molar-refractivity contribution in [2.45, 2.75) is 38.6 Å². The zero-order chi connectivity index (χ0) is 26.9. The summed E-state index contributed by atoms with van der Waals surface area (Å²) in [5, 5.41) is 9.62. The zero-order valence-electron chi connectivity index (χ0n) is 20.8. The minimum absolute atomic E-state index is 0.00530. The lowest BCUT2D eigenvalue weighted by molar-refractivity contribution is -0.0591. The Morgan fingerprint density at radius 3 is 2.85 bits per heavy atom. The summed E-state index contributed by atoms with van der Waals surface area (Å²) in [4.78, 5) is 26.9. The van der Waals surface area contributed by atoms with Gasteiger partial charge in [0.1, 0.15) is 23.8 Å². The van der Waals surface area contributed by atoms with Gasteiger partial charge in [0.15, 0.2) is 0 Å². The molecule has 0 spiro atoms. The molecule has 2 aliphatic heterocycles. The van der Waals surface area contributed by atoms with Crippen LogP contribution in [-0.2, 0) is 24.4 Å². The first-order valence-corrected chi connectivity index (χ1v) is 13.0. The van der Waals surface area contributed by atoms with Gasteiger partial charge in [-0.25, -0.2) is 14.2 Å². The van der Waals surface area contributed by atoms with Crippen molar-refractivity contribution in [3.05, 3.63) is 76.3 Å². The molecule has 39 heavy (non-hydrogen) atoms. The molecule has 1 N–H and O–H groups in total. The highest BCUT2D eigenvalue weighted by molar-refractivity contribution is 6.30. The van der Waals surface area contributed by atoms with Crippen LogP contribution in [0.5, 0.6) is 6.01 Å². The Kier molecular flexibility index (Phi) is 7.03. The van der Waals surface area contributed by atoms with Crippen LogP contribution in [0.1, 0.15) is 40.5 Å². The molecule has 12 heteroatoms. The third-order valence-corrected chi connectivity index (χ3v) is 7.14. The fourth-order valence-corrected chi connectivity index (χ4v) is 4.84. The molecule has 202 valence electrons. The van der Waals surface area contributed by atoms with Crippen molar-refractivity contribution >= 4 is 34.4 Å². The molecule has 0 bridgehead atoms. The van der Waals surface area contributed by atoms with E-state index in [9.17, 15) is 14.3 Å². The third-order valence-electron chi connectivity index (χ3n) is 6.91. The van der Waals surface area contributed by atoms with E-state index in [0.29, 0.717) is 41.5 Å². The molecule has 4 aromatic rings. The fraction of sp³-hybridized carbons (Fsp3) is 0.333. The van der Waals surface area contributed by atoms with Crippen molar-refractivity contribution in [1.82, 2.24) is 24.4 Å². The summed E-state index contributed by atoms with van der Waals surface area (Å²) in [5.74, 6) is -0.880. The second kappa shape index (κ2) is 10.8. The Labute approximate surface area is 227 Å². The van der Waals surface area contributed by atoms with E-state index in [-0.39, 0.29) is 24.5 Å². The number of ether oxygens (including phenoxy) is 2. The van der Waals surface area contributed by atoms with Gasteiger partial charge in [0.2, 0.25) is 11.5 Å². The average molecular weight is 554 g/mol. The van der Waals surface area contributed by atoms with Crippen LogP contribution in [0.3, 0.4) is 0 Å². The molecule has 10 nitrogen and oxygen atoms in total. The molecule has 0 aliphatic carbocycles. The van der Waals surface area contributed by atoms with E-state index in [1.165, 1.54) is 12.1 Å². The molecule has 1 atom stereocenters. The molecule has 1 aromatic carbocycles. The number of imidazole rings is 1. The van der Waals surface area contributed by atoms with Crippen LogP contribution in [-0.4, -0.2) is 61.3 Å². The molecule has 0 radical (unpaired) electrons. The Morgan fingerprint density at radius 2 is 2.13 bits per heavy atom. The molecule has 2 aliphatic rings. The largest absolute Gasteiger partial charge is 0.475 e. The van der Waals surface area contributed by atoms with Crippen LogP contribution in [0.4, 0.5) is 4.39 Å². The number of aromatic nitrogens is 4. The summed E-state index contributed by atoms with van der Waals surface area (Å²) in [6.07, 6.45) is 5.54. The lowest BCUT2D eigenvalue weighted by Gasteiger charge is -2.29. The van der Waals surface area contributed by atoms with Crippen LogP contribution in [0, 0.1) is 5.82 Å². The number of rotatable bonds is 9. The van der Waals surface area contributed by atoms with Gasteiger partial charge in [-0.15, -0.1) is 0 Å². The van der Waals surface area contributed by atoms with Crippen molar-refractivity contribution in [2.75, 3.05) is 19.7 Å². The van der Waals surface area contributed by atoms with Gasteiger partial charge in [-0.05, 0) is 36.6 Å².